The van der Waals surface area contributed by atoms with Crippen molar-refractivity contribution in [1.82, 2.24) is 0 Å². The normalized spacial score (nSPS) is 12.4. The maximum absolute atomic E-state index is 11.2. The van der Waals surface area contributed by atoms with Crippen molar-refractivity contribution in [3.8, 4) is 0 Å². The molecule has 0 aromatic rings. The van der Waals surface area contributed by atoms with E-state index in [1.807, 2.05) is 0 Å². The number of hydrogen-bond donors (Lipinski definition) is 0. The minimum atomic E-state index is -3.61. The molecule has 0 rings (SSSR count). The fourth-order valence-corrected chi connectivity index (χ4v) is 0. The van der Waals surface area contributed by atoms with Crippen molar-refractivity contribution in [3.63, 3.8) is 0 Å². The maximum atomic E-state index is 11.2. The second-order valence-corrected chi connectivity index (χ2v) is 3.98. The van der Waals surface area contributed by atoms with Gasteiger partial charge >= 0.3 is 47.7 Å². The summed E-state index contributed by atoms with van der Waals surface area (Å²) in [5.41, 5.74) is 0. The van der Waals surface area contributed by atoms with Crippen molar-refractivity contribution in [2.75, 3.05) is 0 Å². The van der Waals surface area contributed by atoms with E-state index < -0.39 is 5.39 Å². The summed E-state index contributed by atoms with van der Waals surface area (Å²) in [6.45, 7) is 0. The molecule has 0 nitrogen and oxygen atoms in total. The van der Waals surface area contributed by atoms with Gasteiger partial charge in [0.15, 0.2) is 0 Å². The van der Waals surface area contributed by atoms with Crippen molar-refractivity contribution in [3.05, 3.63) is 0 Å². The molecule has 0 aromatic heterocycles. The zero-order valence-corrected chi connectivity index (χ0v) is 4.26. The Hall–Kier alpha value is 1.27. The molecular formula is F2Li2Si. The van der Waals surface area contributed by atoms with Gasteiger partial charge in [0.1, 0.15) is 0 Å². The summed E-state index contributed by atoms with van der Waals surface area (Å²) in [6, 6.07) is 0. The summed E-state index contributed by atoms with van der Waals surface area (Å²) in [4.78, 5) is 0. The molecular weight excluding hydrogens is 80.0 g/mol. The third kappa shape index (κ3) is 34.9. The van der Waals surface area contributed by atoms with Gasteiger partial charge in [-0.25, -0.2) is 0 Å². The van der Waals surface area contributed by atoms with Gasteiger partial charge in [-0.2, -0.15) is 0 Å². The summed E-state index contributed by atoms with van der Waals surface area (Å²) in [6.07, 6.45) is 0. The Bertz CT molecular complexity index is 23.1. The molecule has 0 bridgehead atoms. The van der Waals surface area contributed by atoms with Gasteiger partial charge in [0.05, 0.1) is 0 Å². The van der Waals surface area contributed by atoms with E-state index >= 15 is 0 Å². The van der Waals surface area contributed by atoms with E-state index in [9.17, 15) is 8.22 Å². The van der Waals surface area contributed by atoms with Crippen molar-refractivity contribution in [1.29, 1.82) is 0 Å². The first-order valence-corrected chi connectivity index (χ1v) is 4.13. The molecule has 0 saturated carbocycles. The molecule has 0 aliphatic rings. The molecule has 0 aliphatic carbocycles. The topological polar surface area (TPSA) is 0 Å². The van der Waals surface area contributed by atoms with Gasteiger partial charge in [0.2, 0.25) is 0 Å². The van der Waals surface area contributed by atoms with E-state index in [-0.39, 0.29) is 0 Å². The van der Waals surface area contributed by atoms with Crippen molar-refractivity contribution < 1.29 is 8.22 Å². The van der Waals surface area contributed by atoms with Crippen molar-refractivity contribution >= 4 is 39.5 Å². The van der Waals surface area contributed by atoms with Gasteiger partial charge in [0.25, 0.3) is 0 Å². The zero-order valence-electron chi connectivity index (χ0n) is 3.26. The van der Waals surface area contributed by atoms with Crippen LogP contribution in [0.1, 0.15) is 0 Å². The molecule has 0 amide bonds. The predicted octanol–water partition coefficient (Wildman–Crippen LogP) is -0.302. The van der Waals surface area contributed by atoms with Crippen LogP contribution in [0.5, 0.6) is 0 Å². The molecule has 5 heavy (non-hydrogen) atoms. The summed E-state index contributed by atoms with van der Waals surface area (Å²) in [5, 5.41) is -3.61. The SMILES string of the molecule is [Li][Si]([Li])(F)F. The van der Waals surface area contributed by atoms with Crippen molar-refractivity contribution in [2.45, 2.75) is 0 Å². The third-order valence-electron chi connectivity index (χ3n) is 0. The predicted molar refractivity (Wildman–Crippen MR) is 19.5 cm³/mol. The molecule has 0 saturated heterocycles. The second kappa shape index (κ2) is 1.82. The van der Waals surface area contributed by atoms with Crippen LogP contribution >= 0.6 is 0 Å². The summed E-state index contributed by atoms with van der Waals surface area (Å²) in [7, 11) is 0. The number of halogens is 2. The first-order valence-electron chi connectivity index (χ1n) is 1.38. The first kappa shape index (κ1) is 6.27. The Kier molecular flexibility index (Phi) is 2.28. The molecule has 0 spiro atoms. The molecule has 0 N–H and O–H groups in total. The Morgan fingerprint density at radius 2 is 1.20 bits per heavy atom. The van der Waals surface area contributed by atoms with Crippen LogP contribution in [0.2, 0.25) is 0 Å². The van der Waals surface area contributed by atoms with Crippen LogP contribution in [0.25, 0.3) is 0 Å². The van der Waals surface area contributed by atoms with Gasteiger partial charge in [0, 0.05) is 0 Å². The van der Waals surface area contributed by atoms with Crippen LogP contribution < -0.4 is 0 Å². The molecule has 0 radical (unpaired) electrons. The van der Waals surface area contributed by atoms with Crippen LogP contribution in [0.4, 0.5) is 8.22 Å². The molecule has 20 valence electrons. The first-order chi connectivity index (χ1) is 2.00. The fraction of sp³-hybridized carbons (Fsp3) is 0. The molecule has 5 heteroatoms. The third-order valence-corrected chi connectivity index (χ3v) is 0. The Balaban J connectivity index is 3.02. The van der Waals surface area contributed by atoms with E-state index in [1.165, 1.54) is 0 Å². The molecule has 0 atom stereocenters. The van der Waals surface area contributed by atoms with Gasteiger partial charge in [-0.3, -0.25) is 0 Å². The zero-order chi connectivity index (χ0) is 4.50. The average molecular weight is 80.0 g/mol. The average Bonchev–Trinajstić information content (AvgIpc) is 0.722. The molecule has 0 heterocycles. The molecule has 0 unspecified atom stereocenters. The quantitative estimate of drug-likeness (QED) is 0.277. The Labute approximate surface area is 47.8 Å². The van der Waals surface area contributed by atoms with E-state index in [0.29, 0.717) is 0 Å². The van der Waals surface area contributed by atoms with Gasteiger partial charge in [-0.15, -0.1) is 0 Å². The van der Waals surface area contributed by atoms with E-state index in [1.54, 1.807) is 0 Å². The van der Waals surface area contributed by atoms with Gasteiger partial charge in [-0.1, -0.05) is 0 Å². The molecule has 0 fully saturated rings. The Morgan fingerprint density at radius 1 is 1.20 bits per heavy atom. The van der Waals surface area contributed by atoms with Crippen LogP contribution in [-0.2, 0) is 0 Å². The van der Waals surface area contributed by atoms with Crippen molar-refractivity contribution in [2.24, 2.45) is 0 Å². The van der Waals surface area contributed by atoms with Crippen LogP contribution in [0, 0.1) is 0 Å². The van der Waals surface area contributed by atoms with Gasteiger partial charge < -0.3 is 0 Å². The summed E-state index contributed by atoms with van der Waals surface area (Å²) in [5.74, 6) is 0. The van der Waals surface area contributed by atoms with Crippen LogP contribution in [0.15, 0.2) is 0 Å². The fourth-order valence-electron chi connectivity index (χ4n) is 0. The molecule has 0 aliphatic heterocycles. The van der Waals surface area contributed by atoms with Crippen LogP contribution in [0.3, 0.4) is 0 Å². The standard InChI is InChI=1S/F2Si.2Li/c1-3-2;;. The monoisotopic (exact) mass is 80.0 g/mol. The van der Waals surface area contributed by atoms with Gasteiger partial charge in [-0.05, 0) is 0 Å². The molecule has 0 aromatic carbocycles. The second-order valence-electron chi connectivity index (χ2n) is 1.33. The summed E-state index contributed by atoms with van der Waals surface area (Å²) >= 11 is 1.99. The Morgan fingerprint density at radius 3 is 1.20 bits per heavy atom. The van der Waals surface area contributed by atoms with Crippen LogP contribution in [-0.4, -0.2) is 39.5 Å². The summed E-state index contributed by atoms with van der Waals surface area (Å²) < 4.78 is 22.3. The van der Waals surface area contributed by atoms with E-state index in [2.05, 4.69) is 0 Å². The number of rotatable bonds is 0. The number of hydrogen-bond acceptors (Lipinski definition) is 0. The minimum absolute atomic E-state index is 0.993. The van der Waals surface area contributed by atoms with E-state index in [0.717, 1.165) is 34.1 Å². The van der Waals surface area contributed by atoms with E-state index in [4.69, 9.17) is 0 Å².